The van der Waals surface area contributed by atoms with Crippen molar-refractivity contribution in [2.75, 3.05) is 0 Å². The first-order chi connectivity index (χ1) is 15.3. The van der Waals surface area contributed by atoms with Crippen LogP contribution in [0.15, 0.2) is 23.3 Å². The van der Waals surface area contributed by atoms with Crippen LogP contribution in [0.1, 0.15) is 106 Å². The standard InChI is InChI=1S/C30H48O3/c1-19(9-8-10-20(2)26(32)33)21-15-16-30(7)24-13-11-22-23(12-14-25(31)27(22,3)4)28(24,5)17-18-29(21,30)6/h10-11,19,21,23-25,31H,8-9,12-18H2,1-7H3,(H,32,33)/b20-10+/t19-,21+,23+,24+,25+,28-,29+,30-/m0/s1. The summed E-state index contributed by atoms with van der Waals surface area (Å²) < 4.78 is 0. The van der Waals surface area contributed by atoms with Crippen LogP contribution in [0.5, 0.6) is 0 Å². The minimum absolute atomic E-state index is 0.0904. The lowest BCUT2D eigenvalue weighted by molar-refractivity contribution is -0.145. The second kappa shape index (κ2) is 8.25. The number of carboxylic acids is 1. The lowest BCUT2D eigenvalue weighted by atomic mass is 9.39. The molecule has 4 rings (SSSR count). The van der Waals surface area contributed by atoms with Gasteiger partial charge in [-0.1, -0.05) is 59.3 Å². The summed E-state index contributed by atoms with van der Waals surface area (Å²) in [4.78, 5) is 11.1. The van der Waals surface area contributed by atoms with Crippen LogP contribution in [0.25, 0.3) is 0 Å². The molecule has 3 saturated carbocycles. The third kappa shape index (κ3) is 3.58. The van der Waals surface area contributed by atoms with Crippen molar-refractivity contribution in [2.24, 2.45) is 45.3 Å². The molecule has 0 bridgehead atoms. The molecule has 186 valence electrons. The first-order valence-electron chi connectivity index (χ1n) is 13.6. The first kappa shape index (κ1) is 25.0. The lowest BCUT2D eigenvalue weighted by Crippen LogP contribution is -2.59. The molecule has 0 amide bonds. The summed E-state index contributed by atoms with van der Waals surface area (Å²) in [6.07, 6.45) is 14.7. The molecule has 4 aliphatic rings. The molecular weight excluding hydrogens is 408 g/mol. The molecule has 4 aliphatic carbocycles. The summed E-state index contributed by atoms with van der Waals surface area (Å²) in [5.41, 5.74) is 2.99. The predicted octanol–water partition coefficient (Wildman–Crippen LogP) is 7.40. The van der Waals surface area contributed by atoms with Gasteiger partial charge in [-0.3, -0.25) is 0 Å². The van der Waals surface area contributed by atoms with E-state index in [0.29, 0.717) is 33.7 Å². The van der Waals surface area contributed by atoms with Crippen molar-refractivity contribution < 1.29 is 15.0 Å². The van der Waals surface area contributed by atoms with E-state index >= 15 is 0 Å². The van der Waals surface area contributed by atoms with Gasteiger partial charge in [-0.2, -0.15) is 0 Å². The number of allylic oxidation sites excluding steroid dienone is 2. The fraction of sp³-hybridized carbons (Fsp3) is 0.833. The van der Waals surface area contributed by atoms with Gasteiger partial charge in [0, 0.05) is 11.0 Å². The Labute approximate surface area is 202 Å². The molecule has 0 radical (unpaired) electrons. The van der Waals surface area contributed by atoms with Crippen molar-refractivity contribution in [2.45, 2.75) is 112 Å². The second-order valence-electron chi connectivity index (χ2n) is 13.5. The Morgan fingerprint density at radius 3 is 2.45 bits per heavy atom. The summed E-state index contributed by atoms with van der Waals surface area (Å²) in [7, 11) is 0. The molecule has 0 aromatic rings. The van der Waals surface area contributed by atoms with E-state index in [4.69, 9.17) is 5.11 Å². The second-order valence-corrected chi connectivity index (χ2v) is 13.5. The molecule has 3 heteroatoms. The van der Waals surface area contributed by atoms with E-state index in [9.17, 15) is 9.90 Å². The fourth-order valence-corrected chi connectivity index (χ4v) is 9.48. The molecule has 0 saturated heterocycles. The maximum Gasteiger partial charge on any atom is 0.330 e. The molecule has 0 aliphatic heterocycles. The van der Waals surface area contributed by atoms with E-state index in [1.807, 2.05) is 6.08 Å². The van der Waals surface area contributed by atoms with E-state index in [1.54, 1.807) is 12.5 Å². The van der Waals surface area contributed by atoms with E-state index in [0.717, 1.165) is 37.5 Å². The average molecular weight is 457 g/mol. The summed E-state index contributed by atoms with van der Waals surface area (Å²) in [5, 5.41) is 19.9. The molecule has 0 heterocycles. The molecule has 0 spiro atoms. The van der Waals surface area contributed by atoms with Gasteiger partial charge in [-0.05, 0) is 105 Å². The summed E-state index contributed by atoms with van der Waals surface area (Å²) >= 11 is 0. The highest BCUT2D eigenvalue weighted by Gasteiger charge is 2.67. The largest absolute Gasteiger partial charge is 0.478 e. The maximum absolute atomic E-state index is 11.1. The van der Waals surface area contributed by atoms with Gasteiger partial charge < -0.3 is 10.2 Å². The molecule has 2 N–H and O–H groups in total. The van der Waals surface area contributed by atoms with Gasteiger partial charge in [-0.25, -0.2) is 4.79 Å². The zero-order valence-corrected chi connectivity index (χ0v) is 22.2. The topological polar surface area (TPSA) is 57.5 Å². The van der Waals surface area contributed by atoms with Gasteiger partial charge in [0.1, 0.15) is 0 Å². The Hall–Kier alpha value is -1.09. The number of rotatable bonds is 5. The van der Waals surface area contributed by atoms with Crippen LogP contribution in [-0.4, -0.2) is 22.3 Å². The summed E-state index contributed by atoms with van der Waals surface area (Å²) in [6, 6.07) is 0. The third-order valence-corrected chi connectivity index (χ3v) is 12.0. The number of carboxylic acid groups (broad SMARTS) is 1. The zero-order chi connectivity index (χ0) is 24.4. The van der Waals surface area contributed by atoms with Crippen molar-refractivity contribution in [3.05, 3.63) is 23.3 Å². The van der Waals surface area contributed by atoms with Gasteiger partial charge >= 0.3 is 5.97 Å². The van der Waals surface area contributed by atoms with E-state index in [-0.39, 0.29) is 11.5 Å². The van der Waals surface area contributed by atoms with Crippen molar-refractivity contribution in [1.29, 1.82) is 0 Å². The lowest BCUT2D eigenvalue weighted by Gasteiger charge is -2.66. The average Bonchev–Trinajstić information content (AvgIpc) is 3.02. The molecule has 8 atom stereocenters. The van der Waals surface area contributed by atoms with Gasteiger partial charge in [0.15, 0.2) is 0 Å². The predicted molar refractivity (Wildman–Crippen MR) is 135 cm³/mol. The number of aliphatic hydroxyl groups excluding tert-OH is 1. The van der Waals surface area contributed by atoms with E-state index < -0.39 is 5.97 Å². The Morgan fingerprint density at radius 2 is 1.79 bits per heavy atom. The Balaban J connectivity index is 1.58. The van der Waals surface area contributed by atoms with Crippen LogP contribution in [0.2, 0.25) is 0 Å². The van der Waals surface area contributed by atoms with Crippen molar-refractivity contribution in [3.63, 3.8) is 0 Å². The van der Waals surface area contributed by atoms with Crippen molar-refractivity contribution >= 4 is 5.97 Å². The third-order valence-electron chi connectivity index (χ3n) is 12.0. The minimum atomic E-state index is -0.794. The highest BCUT2D eigenvalue weighted by atomic mass is 16.4. The van der Waals surface area contributed by atoms with Crippen LogP contribution in [-0.2, 0) is 4.79 Å². The highest BCUT2D eigenvalue weighted by Crippen LogP contribution is 2.74. The summed E-state index contributed by atoms with van der Waals surface area (Å²) in [6.45, 7) is 16.5. The quantitative estimate of drug-likeness (QED) is 0.335. The molecular formula is C30H48O3. The normalized spacial score (nSPS) is 45.5. The molecule has 0 aromatic heterocycles. The van der Waals surface area contributed by atoms with E-state index in [1.165, 1.54) is 32.1 Å². The number of carbonyl (C=O) groups is 1. The molecule has 3 fully saturated rings. The minimum Gasteiger partial charge on any atom is -0.478 e. The first-order valence-corrected chi connectivity index (χ1v) is 13.6. The smallest absolute Gasteiger partial charge is 0.330 e. The number of fused-ring (bicyclic) bond motifs is 5. The monoisotopic (exact) mass is 456 g/mol. The van der Waals surface area contributed by atoms with Gasteiger partial charge in [0.05, 0.1) is 6.10 Å². The Kier molecular flexibility index (Phi) is 6.25. The van der Waals surface area contributed by atoms with Crippen molar-refractivity contribution in [1.82, 2.24) is 0 Å². The summed E-state index contributed by atoms with van der Waals surface area (Å²) in [5.74, 6) is 1.89. The zero-order valence-electron chi connectivity index (χ0n) is 22.2. The van der Waals surface area contributed by atoms with Gasteiger partial charge in [0.2, 0.25) is 0 Å². The Morgan fingerprint density at radius 1 is 1.09 bits per heavy atom. The Bertz CT molecular complexity index is 853. The fourth-order valence-electron chi connectivity index (χ4n) is 9.48. The van der Waals surface area contributed by atoms with Crippen LogP contribution < -0.4 is 0 Å². The molecule has 0 unspecified atom stereocenters. The molecule has 33 heavy (non-hydrogen) atoms. The maximum atomic E-state index is 11.1. The number of aliphatic hydroxyl groups is 1. The van der Waals surface area contributed by atoms with Crippen molar-refractivity contribution in [3.8, 4) is 0 Å². The number of hydrogen-bond acceptors (Lipinski definition) is 2. The van der Waals surface area contributed by atoms with Gasteiger partial charge in [-0.15, -0.1) is 0 Å². The molecule has 0 aromatic carbocycles. The van der Waals surface area contributed by atoms with E-state index in [2.05, 4.69) is 47.6 Å². The van der Waals surface area contributed by atoms with Crippen LogP contribution >= 0.6 is 0 Å². The number of hydrogen-bond donors (Lipinski definition) is 2. The number of aliphatic carboxylic acids is 1. The van der Waals surface area contributed by atoms with Crippen LogP contribution in [0, 0.1) is 45.3 Å². The highest BCUT2D eigenvalue weighted by molar-refractivity contribution is 5.85. The SMILES string of the molecule is C/C(=C\CC[C@H](C)[C@H]1CC[C@@]2(C)[C@@H]3CC=C4[C@@H](CC[C@@H](O)C4(C)C)[C@]3(C)CC[C@]12C)C(=O)O. The molecule has 3 nitrogen and oxygen atoms in total. The van der Waals surface area contributed by atoms with Crippen LogP contribution in [0.4, 0.5) is 0 Å². The van der Waals surface area contributed by atoms with Crippen LogP contribution in [0.3, 0.4) is 0 Å². The van der Waals surface area contributed by atoms with Gasteiger partial charge in [0.25, 0.3) is 0 Å².